The van der Waals surface area contributed by atoms with Gasteiger partial charge in [-0.05, 0) is 55.4 Å². The molecule has 1 atom stereocenters. The van der Waals surface area contributed by atoms with Gasteiger partial charge in [-0.15, -0.1) is 0 Å². The predicted octanol–water partition coefficient (Wildman–Crippen LogP) is 1.38. The van der Waals surface area contributed by atoms with Crippen LogP contribution in [-0.2, 0) is 20.9 Å². The molecule has 2 saturated heterocycles. The average molecular weight is 395 g/mol. The quantitative estimate of drug-likeness (QED) is 0.573. The monoisotopic (exact) mass is 395 g/mol. The molecule has 4 rings (SSSR count). The number of rotatable bonds is 1. The van der Waals surface area contributed by atoms with Crippen LogP contribution in [-0.4, -0.2) is 52.7 Å². The molecule has 150 valence electrons. The third kappa shape index (κ3) is 3.94. The number of carbonyl (C=O) groups is 4. The van der Waals surface area contributed by atoms with Gasteiger partial charge in [0.15, 0.2) is 0 Å². The molecule has 3 heterocycles. The van der Waals surface area contributed by atoms with E-state index in [1.165, 1.54) is 4.90 Å². The minimum atomic E-state index is -0.646. The number of hydrogen-bond donors (Lipinski definition) is 1. The Kier molecular flexibility index (Phi) is 5.21. The molecular formula is C21H21N3O5. The highest BCUT2D eigenvalue weighted by atomic mass is 16.5. The Morgan fingerprint density at radius 3 is 2.69 bits per heavy atom. The normalized spacial score (nSPS) is 21.2. The predicted molar refractivity (Wildman–Crippen MR) is 101 cm³/mol. The van der Waals surface area contributed by atoms with E-state index in [4.69, 9.17) is 4.74 Å². The second-order valence-corrected chi connectivity index (χ2v) is 7.41. The highest BCUT2D eigenvalue weighted by Gasteiger charge is 2.39. The van der Waals surface area contributed by atoms with Gasteiger partial charge in [0.05, 0.1) is 0 Å². The zero-order valence-corrected chi connectivity index (χ0v) is 15.9. The van der Waals surface area contributed by atoms with Crippen LogP contribution >= 0.6 is 0 Å². The van der Waals surface area contributed by atoms with Gasteiger partial charge in [-0.2, -0.15) is 0 Å². The van der Waals surface area contributed by atoms with Crippen LogP contribution in [0.3, 0.4) is 0 Å². The molecule has 4 amide bonds. The summed E-state index contributed by atoms with van der Waals surface area (Å²) in [5.74, 6) is 1.81. The summed E-state index contributed by atoms with van der Waals surface area (Å²) in [6.07, 6.45) is 5.63. The molecule has 0 radical (unpaired) electrons. The number of nitrogens with one attached hydrogen (secondary N) is 1. The van der Waals surface area contributed by atoms with E-state index in [0.29, 0.717) is 30.6 Å². The summed E-state index contributed by atoms with van der Waals surface area (Å²) in [4.78, 5) is 51.2. The Hall–Kier alpha value is -3.34. The van der Waals surface area contributed by atoms with Gasteiger partial charge >= 0.3 is 6.09 Å². The lowest BCUT2D eigenvalue weighted by atomic mass is 10.0. The number of piperidine rings is 2. The van der Waals surface area contributed by atoms with Crippen molar-refractivity contribution in [2.75, 3.05) is 13.1 Å². The number of fused-ring (bicyclic) bond motifs is 1. The standard InChI is InChI=1S/C21H21N3O5/c25-18-7-6-17(19(26)22-18)24-13-15-12-14(4-5-16(15)20(24)27)8-11-29-21(28)23-9-2-1-3-10-23/h4-5,12,17H,1-3,6-7,9-10,13H2,(H,22,25,26). The molecule has 3 aliphatic rings. The molecule has 8 heteroatoms. The van der Waals surface area contributed by atoms with Crippen LogP contribution in [0.25, 0.3) is 0 Å². The van der Waals surface area contributed by atoms with Crippen LogP contribution in [0.15, 0.2) is 18.2 Å². The van der Waals surface area contributed by atoms with Crippen molar-refractivity contribution in [3.8, 4) is 12.0 Å². The highest BCUT2D eigenvalue weighted by molar-refractivity contribution is 6.05. The van der Waals surface area contributed by atoms with Crippen LogP contribution in [0, 0.1) is 12.0 Å². The van der Waals surface area contributed by atoms with E-state index in [9.17, 15) is 19.2 Å². The van der Waals surface area contributed by atoms with E-state index in [2.05, 4.69) is 17.3 Å². The second-order valence-electron chi connectivity index (χ2n) is 7.41. The molecule has 0 aliphatic carbocycles. The van der Waals surface area contributed by atoms with Crippen molar-refractivity contribution in [1.82, 2.24) is 15.1 Å². The van der Waals surface area contributed by atoms with Crippen LogP contribution in [0.4, 0.5) is 4.79 Å². The van der Waals surface area contributed by atoms with E-state index in [0.717, 1.165) is 24.8 Å². The molecule has 1 unspecified atom stereocenters. The van der Waals surface area contributed by atoms with E-state index < -0.39 is 18.0 Å². The number of nitrogens with zero attached hydrogens (tertiary/aromatic N) is 2. The van der Waals surface area contributed by atoms with Crippen LogP contribution in [0.5, 0.6) is 0 Å². The molecule has 1 aromatic carbocycles. The molecule has 29 heavy (non-hydrogen) atoms. The van der Waals surface area contributed by atoms with Gasteiger partial charge in [-0.3, -0.25) is 19.7 Å². The minimum absolute atomic E-state index is 0.218. The number of carbonyl (C=O) groups excluding carboxylic acids is 4. The molecule has 0 spiro atoms. The Morgan fingerprint density at radius 1 is 1.14 bits per heavy atom. The summed E-state index contributed by atoms with van der Waals surface area (Å²) in [6.45, 7) is 1.67. The summed E-state index contributed by atoms with van der Waals surface area (Å²) < 4.78 is 5.03. The second kappa shape index (κ2) is 7.95. The van der Waals surface area contributed by atoms with E-state index in [-0.39, 0.29) is 24.8 Å². The molecular weight excluding hydrogens is 374 g/mol. The summed E-state index contributed by atoms with van der Waals surface area (Å²) >= 11 is 0. The minimum Gasteiger partial charge on any atom is -0.355 e. The molecule has 0 aromatic heterocycles. The number of hydrogen-bond acceptors (Lipinski definition) is 5. The van der Waals surface area contributed by atoms with Gasteiger partial charge in [-0.25, -0.2) is 4.79 Å². The van der Waals surface area contributed by atoms with Gasteiger partial charge in [0.25, 0.3) is 5.91 Å². The summed E-state index contributed by atoms with van der Waals surface area (Å²) in [5.41, 5.74) is 1.90. The fourth-order valence-corrected chi connectivity index (χ4v) is 3.92. The first-order chi connectivity index (χ1) is 14.0. The van der Waals surface area contributed by atoms with Gasteiger partial charge in [0.1, 0.15) is 12.1 Å². The average Bonchev–Trinajstić information content (AvgIpc) is 3.04. The summed E-state index contributed by atoms with van der Waals surface area (Å²) in [5, 5.41) is 2.28. The number of amides is 4. The maximum atomic E-state index is 12.7. The number of ether oxygens (including phenoxy) is 1. The van der Waals surface area contributed by atoms with Crippen molar-refractivity contribution in [2.45, 2.75) is 44.7 Å². The first-order valence-electron chi connectivity index (χ1n) is 9.77. The third-order valence-corrected chi connectivity index (χ3v) is 5.47. The van der Waals surface area contributed by atoms with Crippen molar-refractivity contribution in [1.29, 1.82) is 0 Å². The van der Waals surface area contributed by atoms with Gasteiger partial charge in [-0.1, -0.05) is 0 Å². The maximum absolute atomic E-state index is 12.7. The molecule has 8 nitrogen and oxygen atoms in total. The fourth-order valence-electron chi connectivity index (χ4n) is 3.92. The van der Waals surface area contributed by atoms with E-state index in [1.54, 1.807) is 23.1 Å². The van der Waals surface area contributed by atoms with E-state index >= 15 is 0 Å². The number of likely N-dealkylation sites (tertiary alicyclic amines) is 1. The lowest BCUT2D eigenvalue weighted by Crippen LogP contribution is -2.52. The van der Waals surface area contributed by atoms with Gasteiger partial charge in [0.2, 0.25) is 11.8 Å². The maximum Gasteiger partial charge on any atom is 0.423 e. The smallest absolute Gasteiger partial charge is 0.355 e. The van der Waals surface area contributed by atoms with Crippen molar-refractivity contribution in [3.05, 3.63) is 34.9 Å². The molecule has 1 N–H and O–H groups in total. The van der Waals surface area contributed by atoms with Crippen molar-refractivity contribution < 1.29 is 23.9 Å². The molecule has 0 saturated carbocycles. The van der Waals surface area contributed by atoms with Crippen molar-refractivity contribution in [2.24, 2.45) is 0 Å². The SMILES string of the molecule is O=C1CCC(N2Cc3cc(C#COC(=O)N4CCCCC4)ccc3C2=O)C(=O)N1. The zero-order chi connectivity index (χ0) is 20.4. The van der Waals surface area contributed by atoms with Crippen molar-refractivity contribution >= 4 is 23.8 Å². The zero-order valence-electron chi connectivity index (χ0n) is 15.9. The summed E-state index contributed by atoms with van der Waals surface area (Å²) in [6, 6.07) is 4.47. The van der Waals surface area contributed by atoms with Gasteiger partial charge < -0.3 is 14.5 Å². The van der Waals surface area contributed by atoms with Crippen LogP contribution < -0.4 is 5.32 Å². The Bertz CT molecular complexity index is 939. The largest absolute Gasteiger partial charge is 0.423 e. The van der Waals surface area contributed by atoms with Crippen LogP contribution in [0.1, 0.15) is 53.6 Å². The topological polar surface area (TPSA) is 96.0 Å². The fraction of sp³-hybridized carbons (Fsp3) is 0.429. The number of benzene rings is 1. The Morgan fingerprint density at radius 2 is 1.93 bits per heavy atom. The van der Waals surface area contributed by atoms with Gasteiger partial charge in [0, 0.05) is 37.2 Å². The van der Waals surface area contributed by atoms with Crippen LogP contribution in [0.2, 0.25) is 0 Å². The molecule has 0 bridgehead atoms. The molecule has 3 aliphatic heterocycles. The summed E-state index contributed by atoms with van der Waals surface area (Å²) in [7, 11) is 0. The Balaban J connectivity index is 1.42. The lowest BCUT2D eigenvalue weighted by molar-refractivity contribution is -0.136. The molecule has 2 fully saturated rings. The van der Waals surface area contributed by atoms with E-state index in [1.807, 2.05) is 0 Å². The Labute approximate surface area is 168 Å². The lowest BCUT2D eigenvalue weighted by Gasteiger charge is -2.29. The first-order valence-corrected chi connectivity index (χ1v) is 9.77. The van der Waals surface area contributed by atoms with Crippen molar-refractivity contribution in [3.63, 3.8) is 0 Å². The first kappa shape index (κ1) is 19.0. The highest BCUT2D eigenvalue weighted by Crippen LogP contribution is 2.28. The molecule has 1 aromatic rings. The number of imide groups is 1. The third-order valence-electron chi connectivity index (χ3n) is 5.47.